The summed E-state index contributed by atoms with van der Waals surface area (Å²) in [6, 6.07) is 26.0. The van der Waals surface area contributed by atoms with Crippen LogP contribution in [0.15, 0.2) is 97.3 Å². The second kappa shape index (κ2) is 7.58. The van der Waals surface area contributed by atoms with Crippen LogP contribution < -0.4 is 10.1 Å². The number of benzene rings is 3. The smallest absolute Gasteiger partial charge is 0.255 e. The third kappa shape index (κ3) is 4.04. The lowest BCUT2D eigenvalue weighted by Crippen LogP contribution is -2.11. The molecule has 0 unspecified atom stereocenters. The molecule has 0 aliphatic rings. The molecule has 0 saturated heterocycles. The summed E-state index contributed by atoms with van der Waals surface area (Å²) in [5, 5.41) is 7.06. The van der Waals surface area contributed by atoms with E-state index in [0.29, 0.717) is 17.0 Å². The van der Waals surface area contributed by atoms with Crippen molar-refractivity contribution in [1.29, 1.82) is 0 Å². The molecule has 1 amide bonds. The topological polar surface area (TPSA) is 56.1 Å². The lowest BCUT2D eigenvalue weighted by Gasteiger charge is -2.09. The summed E-state index contributed by atoms with van der Waals surface area (Å²) in [7, 11) is 0. The maximum Gasteiger partial charge on any atom is 0.255 e. The van der Waals surface area contributed by atoms with Crippen LogP contribution in [0.2, 0.25) is 0 Å². The van der Waals surface area contributed by atoms with Gasteiger partial charge in [-0.1, -0.05) is 18.2 Å². The minimum atomic E-state index is -0.168. The van der Waals surface area contributed by atoms with Crippen LogP contribution in [0.4, 0.5) is 5.69 Å². The molecule has 5 heteroatoms. The van der Waals surface area contributed by atoms with Crippen LogP contribution in [0.3, 0.4) is 0 Å². The SMILES string of the molecule is O=C(Nc1ccc(Oc2ccccc2)cc1)c1ccc(-n2cccn2)cc1. The number of aromatic nitrogens is 2. The monoisotopic (exact) mass is 355 g/mol. The Bertz CT molecular complexity index is 1010. The Balaban J connectivity index is 1.40. The van der Waals surface area contributed by atoms with E-state index in [9.17, 15) is 4.79 Å². The van der Waals surface area contributed by atoms with Gasteiger partial charge in [0.25, 0.3) is 5.91 Å². The van der Waals surface area contributed by atoms with Crippen molar-refractivity contribution in [2.45, 2.75) is 0 Å². The van der Waals surface area contributed by atoms with Crippen LogP contribution in [0.1, 0.15) is 10.4 Å². The van der Waals surface area contributed by atoms with E-state index in [1.807, 2.05) is 79.0 Å². The van der Waals surface area contributed by atoms with Crippen LogP contribution in [-0.2, 0) is 0 Å². The summed E-state index contributed by atoms with van der Waals surface area (Å²) >= 11 is 0. The molecule has 132 valence electrons. The summed E-state index contributed by atoms with van der Waals surface area (Å²) in [6.45, 7) is 0. The lowest BCUT2D eigenvalue weighted by atomic mass is 10.2. The first-order chi connectivity index (χ1) is 13.3. The highest BCUT2D eigenvalue weighted by Gasteiger charge is 2.07. The molecular weight excluding hydrogens is 338 g/mol. The average molecular weight is 355 g/mol. The van der Waals surface area contributed by atoms with Crippen molar-refractivity contribution in [2.24, 2.45) is 0 Å². The fourth-order valence-corrected chi connectivity index (χ4v) is 2.62. The zero-order chi connectivity index (χ0) is 18.5. The minimum absolute atomic E-state index is 0.168. The molecule has 1 heterocycles. The van der Waals surface area contributed by atoms with E-state index in [2.05, 4.69) is 10.4 Å². The lowest BCUT2D eigenvalue weighted by molar-refractivity contribution is 0.102. The molecule has 0 spiro atoms. The quantitative estimate of drug-likeness (QED) is 0.553. The first kappa shape index (κ1) is 16.6. The van der Waals surface area contributed by atoms with Crippen molar-refractivity contribution < 1.29 is 9.53 Å². The normalized spacial score (nSPS) is 10.4. The molecule has 0 aliphatic carbocycles. The van der Waals surface area contributed by atoms with Gasteiger partial charge in [0.2, 0.25) is 0 Å². The molecule has 0 saturated carbocycles. The Morgan fingerprint density at radius 1 is 0.815 bits per heavy atom. The summed E-state index contributed by atoms with van der Waals surface area (Å²) in [5.41, 5.74) is 2.19. The number of amides is 1. The second-order valence-electron chi connectivity index (χ2n) is 5.89. The van der Waals surface area contributed by atoms with E-state index in [-0.39, 0.29) is 5.91 Å². The van der Waals surface area contributed by atoms with Gasteiger partial charge in [-0.3, -0.25) is 4.79 Å². The number of hydrogen-bond donors (Lipinski definition) is 1. The van der Waals surface area contributed by atoms with E-state index < -0.39 is 0 Å². The van der Waals surface area contributed by atoms with Crippen LogP contribution in [-0.4, -0.2) is 15.7 Å². The van der Waals surface area contributed by atoms with E-state index in [1.165, 1.54) is 0 Å². The van der Waals surface area contributed by atoms with Crippen LogP contribution in [0, 0.1) is 0 Å². The van der Waals surface area contributed by atoms with E-state index in [1.54, 1.807) is 23.0 Å². The molecule has 1 N–H and O–H groups in total. The molecule has 4 aromatic rings. The predicted molar refractivity (Wildman–Crippen MR) is 104 cm³/mol. The number of carbonyl (C=O) groups excluding carboxylic acids is 1. The zero-order valence-corrected chi connectivity index (χ0v) is 14.4. The fourth-order valence-electron chi connectivity index (χ4n) is 2.62. The number of ether oxygens (including phenoxy) is 1. The molecule has 1 aromatic heterocycles. The summed E-state index contributed by atoms with van der Waals surface area (Å²) in [6.07, 6.45) is 3.57. The van der Waals surface area contributed by atoms with Gasteiger partial charge in [0.1, 0.15) is 11.5 Å². The molecule has 0 radical (unpaired) electrons. The van der Waals surface area contributed by atoms with E-state index >= 15 is 0 Å². The molecule has 3 aromatic carbocycles. The maximum atomic E-state index is 12.4. The number of anilines is 1. The van der Waals surface area contributed by atoms with Crippen LogP contribution in [0.5, 0.6) is 11.5 Å². The average Bonchev–Trinajstić information content (AvgIpc) is 3.25. The maximum absolute atomic E-state index is 12.4. The fraction of sp³-hybridized carbons (Fsp3) is 0. The number of carbonyl (C=O) groups is 1. The first-order valence-corrected chi connectivity index (χ1v) is 8.52. The first-order valence-electron chi connectivity index (χ1n) is 8.52. The van der Waals surface area contributed by atoms with Gasteiger partial charge in [0.15, 0.2) is 0 Å². The molecular formula is C22H17N3O2. The Morgan fingerprint density at radius 2 is 1.52 bits per heavy atom. The van der Waals surface area contributed by atoms with Gasteiger partial charge >= 0.3 is 0 Å². The Morgan fingerprint density at radius 3 is 2.19 bits per heavy atom. The van der Waals surface area contributed by atoms with Gasteiger partial charge in [-0.25, -0.2) is 4.68 Å². The number of nitrogens with zero attached hydrogens (tertiary/aromatic N) is 2. The molecule has 4 rings (SSSR count). The highest BCUT2D eigenvalue weighted by molar-refractivity contribution is 6.04. The Labute approximate surface area is 156 Å². The van der Waals surface area contributed by atoms with Gasteiger partial charge < -0.3 is 10.1 Å². The van der Waals surface area contributed by atoms with Gasteiger partial charge in [-0.15, -0.1) is 0 Å². The van der Waals surface area contributed by atoms with Gasteiger partial charge in [0.05, 0.1) is 5.69 Å². The largest absolute Gasteiger partial charge is 0.457 e. The summed E-state index contributed by atoms with van der Waals surface area (Å²) in [5.74, 6) is 1.31. The molecule has 0 fully saturated rings. The standard InChI is InChI=1S/C22H17N3O2/c26-22(17-7-11-19(12-8-17)25-16-4-15-23-25)24-18-9-13-21(14-10-18)27-20-5-2-1-3-6-20/h1-16H,(H,24,26). The molecule has 27 heavy (non-hydrogen) atoms. The number of hydrogen-bond acceptors (Lipinski definition) is 3. The highest BCUT2D eigenvalue weighted by atomic mass is 16.5. The van der Waals surface area contributed by atoms with Gasteiger partial charge in [0, 0.05) is 23.6 Å². The number of rotatable bonds is 5. The number of nitrogens with one attached hydrogen (secondary N) is 1. The Hall–Kier alpha value is -3.86. The van der Waals surface area contributed by atoms with Crippen LogP contribution >= 0.6 is 0 Å². The number of para-hydroxylation sites is 1. The molecule has 0 aliphatic heterocycles. The van der Waals surface area contributed by atoms with E-state index in [4.69, 9.17) is 4.74 Å². The zero-order valence-electron chi connectivity index (χ0n) is 14.4. The third-order valence-electron chi connectivity index (χ3n) is 3.99. The van der Waals surface area contributed by atoms with Gasteiger partial charge in [-0.05, 0) is 66.7 Å². The predicted octanol–water partition coefficient (Wildman–Crippen LogP) is 4.92. The molecule has 5 nitrogen and oxygen atoms in total. The van der Waals surface area contributed by atoms with Gasteiger partial charge in [-0.2, -0.15) is 5.10 Å². The van der Waals surface area contributed by atoms with Crippen LogP contribution in [0.25, 0.3) is 5.69 Å². The summed E-state index contributed by atoms with van der Waals surface area (Å²) in [4.78, 5) is 12.4. The third-order valence-corrected chi connectivity index (χ3v) is 3.99. The van der Waals surface area contributed by atoms with Crippen molar-refractivity contribution >= 4 is 11.6 Å². The van der Waals surface area contributed by atoms with Crippen molar-refractivity contribution in [2.75, 3.05) is 5.32 Å². The van der Waals surface area contributed by atoms with Crippen molar-refractivity contribution in [1.82, 2.24) is 9.78 Å². The highest BCUT2D eigenvalue weighted by Crippen LogP contribution is 2.23. The molecule has 0 bridgehead atoms. The Kier molecular flexibility index (Phi) is 4.66. The van der Waals surface area contributed by atoms with Crippen molar-refractivity contribution in [3.05, 3.63) is 103 Å². The van der Waals surface area contributed by atoms with Crippen molar-refractivity contribution in [3.8, 4) is 17.2 Å². The minimum Gasteiger partial charge on any atom is -0.457 e. The van der Waals surface area contributed by atoms with E-state index in [0.717, 1.165) is 11.4 Å². The van der Waals surface area contributed by atoms with Crippen molar-refractivity contribution in [3.63, 3.8) is 0 Å². The second-order valence-corrected chi connectivity index (χ2v) is 5.89. The summed E-state index contributed by atoms with van der Waals surface area (Å²) < 4.78 is 7.49. The molecule has 0 atom stereocenters.